The molecule has 0 bridgehead atoms. The van der Waals surface area contributed by atoms with Gasteiger partial charge in [-0.05, 0) is 31.2 Å². The van der Waals surface area contributed by atoms with Crippen LogP contribution < -0.4 is 10.6 Å². The number of aromatic nitrogens is 3. The van der Waals surface area contributed by atoms with Gasteiger partial charge in [-0.3, -0.25) is 9.59 Å². The second kappa shape index (κ2) is 10.9. The van der Waals surface area contributed by atoms with Crippen molar-refractivity contribution >= 4 is 40.9 Å². The fraction of sp³-hybridized carbons (Fsp3) is 0.238. The molecule has 1 aromatic heterocycles. The molecule has 2 aromatic carbocycles. The highest BCUT2D eigenvalue weighted by Crippen LogP contribution is 2.22. The van der Waals surface area contributed by atoms with Crippen LogP contribution in [-0.4, -0.2) is 38.9 Å². The van der Waals surface area contributed by atoms with E-state index in [4.69, 9.17) is 11.6 Å². The molecular formula is C21H21ClFN5O2S. The van der Waals surface area contributed by atoms with Crippen LogP contribution in [0.1, 0.15) is 23.1 Å². The lowest BCUT2D eigenvalue weighted by Gasteiger charge is -2.09. The van der Waals surface area contributed by atoms with Crippen molar-refractivity contribution in [3.05, 3.63) is 70.8 Å². The Hall–Kier alpha value is -2.91. The van der Waals surface area contributed by atoms with Crippen molar-refractivity contribution in [2.75, 3.05) is 17.6 Å². The van der Waals surface area contributed by atoms with Crippen LogP contribution in [0.2, 0.25) is 5.02 Å². The fourth-order valence-electron chi connectivity index (χ4n) is 2.84. The summed E-state index contributed by atoms with van der Waals surface area (Å²) in [6.07, 6.45) is 0.424. The summed E-state index contributed by atoms with van der Waals surface area (Å²) in [5.41, 5.74) is 0.554. The Balaban J connectivity index is 1.53. The predicted octanol–water partition coefficient (Wildman–Crippen LogP) is 3.79. The summed E-state index contributed by atoms with van der Waals surface area (Å²) in [6.45, 7) is 2.83. The van der Waals surface area contributed by atoms with Crippen LogP contribution in [0.5, 0.6) is 0 Å². The lowest BCUT2D eigenvalue weighted by Crippen LogP contribution is -2.27. The Kier molecular flexibility index (Phi) is 8.02. The Morgan fingerprint density at radius 1 is 1.13 bits per heavy atom. The van der Waals surface area contributed by atoms with Crippen LogP contribution in [0.25, 0.3) is 0 Å². The first-order valence-electron chi connectivity index (χ1n) is 9.61. The molecule has 2 N–H and O–H groups in total. The summed E-state index contributed by atoms with van der Waals surface area (Å²) in [5, 5.41) is 14.8. The molecule has 3 rings (SSSR count). The molecule has 0 saturated heterocycles. The van der Waals surface area contributed by atoms with Crippen LogP contribution in [-0.2, 0) is 17.8 Å². The molecule has 31 heavy (non-hydrogen) atoms. The maximum absolute atomic E-state index is 13.7. The van der Waals surface area contributed by atoms with Gasteiger partial charge in [-0.1, -0.05) is 47.6 Å². The molecule has 3 aromatic rings. The van der Waals surface area contributed by atoms with E-state index < -0.39 is 11.7 Å². The quantitative estimate of drug-likeness (QED) is 0.473. The summed E-state index contributed by atoms with van der Waals surface area (Å²) in [6, 6.07) is 12.8. The molecule has 0 radical (unpaired) electrons. The van der Waals surface area contributed by atoms with Gasteiger partial charge in [0.1, 0.15) is 11.6 Å². The van der Waals surface area contributed by atoms with Gasteiger partial charge in [0, 0.05) is 19.5 Å². The maximum atomic E-state index is 13.7. The summed E-state index contributed by atoms with van der Waals surface area (Å²) in [5.74, 6) is -0.433. The van der Waals surface area contributed by atoms with Crippen LogP contribution in [0.4, 0.5) is 10.1 Å². The summed E-state index contributed by atoms with van der Waals surface area (Å²) in [4.78, 5) is 24.3. The Bertz CT molecular complexity index is 1080. The number of carbonyl (C=O) groups is 2. The second-order valence-corrected chi connectivity index (χ2v) is 7.80. The normalized spacial score (nSPS) is 10.7. The third kappa shape index (κ3) is 6.05. The van der Waals surface area contributed by atoms with Gasteiger partial charge in [0.25, 0.3) is 5.91 Å². The van der Waals surface area contributed by atoms with E-state index in [0.717, 1.165) is 0 Å². The van der Waals surface area contributed by atoms with Gasteiger partial charge >= 0.3 is 0 Å². The standard InChI is InChI=1S/C21H21ClFN5O2S/c1-2-28-18(11-12-24-20(30)14-7-3-5-9-16(14)23)26-27-21(28)31-13-19(29)25-17-10-6-4-8-15(17)22/h3-10H,2,11-13H2,1H3,(H,24,30)(H,25,29). The molecule has 0 aliphatic rings. The molecular weight excluding hydrogens is 441 g/mol. The molecule has 0 fully saturated rings. The monoisotopic (exact) mass is 461 g/mol. The molecule has 0 saturated carbocycles. The number of benzene rings is 2. The SMILES string of the molecule is CCn1c(CCNC(=O)c2ccccc2F)nnc1SCC(=O)Nc1ccccc1Cl. The van der Waals surface area contributed by atoms with E-state index in [0.29, 0.717) is 34.7 Å². The average Bonchev–Trinajstić information content (AvgIpc) is 3.16. The number of nitrogens with zero attached hydrogens (tertiary/aromatic N) is 3. The summed E-state index contributed by atoms with van der Waals surface area (Å²) >= 11 is 7.32. The number of hydrogen-bond donors (Lipinski definition) is 2. The molecule has 0 aliphatic heterocycles. The van der Waals surface area contributed by atoms with E-state index in [-0.39, 0.29) is 23.8 Å². The van der Waals surface area contributed by atoms with Crippen LogP contribution in [0.15, 0.2) is 53.7 Å². The van der Waals surface area contributed by atoms with Gasteiger partial charge in [0.05, 0.1) is 22.0 Å². The molecule has 0 spiro atoms. The number of carbonyl (C=O) groups excluding carboxylic acids is 2. The zero-order valence-corrected chi connectivity index (χ0v) is 18.3. The third-order valence-electron chi connectivity index (χ3n) is 4.34. The smallest absolute Gasteiger partial charge is 0.254 e. The highest BCUT2D eigenvalue weighted by atomic mass is 35.5. The molecule has 162 valence electrons. The van der Waals surface area contributed by atoms with Gasteiger partial charge in [0.2, 0.25) is 5.91 Å². The number of thioether (sulfide) groups is 1. The minimum atomic E-state index is -0.564. The van der Waals surface area contributed by atoms with Crippen molar-refractivity contribution in [3.63, 3.8) is 0 Å². The minimum Gasteiger partial charge on any atom is -0.351 e. The number of hydrogen-bond acceptors (Lipinski definition) is 5. The first kappa shape index (κ1) is 22.8. The Labute approximate surface area is 188 Å². The first-order valence-corrected chi connectivity index (χ1v) is 11.0. The van der Waals surface area contributed by atoms with Gasteiger partial charge < -0.3 is 15.2 Å². The molecule has 7 nitrogen and oxygen atoms in total. The van der Waals surface area contributed by atoms with Gasteiger partial charge in [-0.2, -0.15) is 0 Å². The van der Waals surface area contributed by atoms with Gasteiger partial charge in [0.15, 0.2) is 5.16 Å². The van der Waals surface area contributed by atoms with E-state index >= 15 is 0 Å². The van der Waals surface area contributed by atoms with Crippen molar-refractivity contribution in [3.8, 4) is 0 Å². The van der Waals surface area contributed by atoms with Crippen molar-refractivity contribution in [2.24, 2.45) is 0 Å². The van der Waals surface area contributed by atoms with E-state index in [1.54, 1.807) is 30.3 Å². The molecule has 10 heteroatoms. The van der Waals surface area contributed by atoms with Crippen molar-refractivity contribution in [1.82, 2.24) is 20.1 Å². The molecule has 0 unspecified atom stereocenters. The van der Waals surface area contributed by atoms with Gasteiger partial charge in [-0.15, -0.1) is 10.2 Å². The molecule has 2 amide bonds. The number of halogens is 2. The zero-order valence-electron chi connectivity index (χ0n) is 16.8. The van der Waals surface area contributed by atoms with E-state index in [1.807, 2.05) is 11.5 Å². The lowest BCUT2D eigenvalue weighted by atomic mass is 10.2. The third-order valence-corrected chi connectivity index (χ3v) is 5.64. The molecule has 1 heterocycles. The molecule has 0 atom stereocenters. The maximum Gasteiger partial charge on any atom is 0.254 e. The summed E-state index contributed by atoms with van der Waals surface area (Å²) < 4.78 is 15.6. The second-order valence-electron chi connectivity index (χ2n) is 6.45. The highest BCUT2D eigenvalue weighted by molar-refractivity contribution is 7.99. The van der Waals surface area contributed by atoms with Gasteiger partial charge in [-0.25, -0.2) is 4.39 Å². The van der Waals surface area contributed by atoms with Crippen molar-refractivity contribution in [1.29, 1.82) is 0 Å². The first-order chi connectivity index (χ1) is 15.0. The minimum absolute atomic E-state index is 0.000217. The number of nitrogens with one attached hydrogen (secondary N) is 2. The van der Waals surface area contributed by atoms with Crippen molar-refractivity contribution < 1.29 is 14.0 Å². The van der Waals surface area contributed by atoms with E-state index in [9.17, 15) is 14.0 Å². The van der Waals surface area contributed by atoms with E-state index in [2.05, 4.69) is 20.8 Å². The van der Waals surface area contributed by atoms with E-state index in [1.165, 1.54) is 30.0 Å². The average molecular weight is 462 g/mol. The predicted molar refractivity (Wildman–Crippen MR) is 119 cm³/mol. The summed E-state index contributed by atoms with van der Waals surface area (Å²) in [7, 11) is 0. The Morgan fingerprint density at radius 3 is 2.61 bits per heavy atom. The number of rotatable bonds is 9. The number of anilines is 1. The van der Waals surface area contributed by atoms with Crippen LogP contribution in [0, 0.1) is 5.82 Å². The fourth-order valence-corrected chi connectivity index (χ4v) is 3.84. The van der Waals surface area contributed by atoms with Crippen molar-refractivity contribution in [2.45, 2.75) is 25.0 Å². The number of para-hydroxylation sites is 1. The lowest BCUT2D eigenvalue weighted by molar-refractivity contribution is -0.113. The largest absolute Gasteiger partial charge is 0.351 e. The van der Waals surface area contributed by atoms with Crippen LogP contribution in [0.3, 0.4) is 0 Å². The zero-order chi connectivity index (χ0) is 22.2. The molecule has 0 aliphatic carbocycles. The van der Waals surface area contributed by atoms with Crippen LogP contribution >= 0.6 is 23.4 Å². The topological polar surface area (TPSA) is 88.9 Å². The Morgan fingerprint density at radius 2 is 1.87 bits per heavy atom. The highest BCUT2D eigenvalue weighted by Gasteiger charge is 2.15. The number of amides is 2.